The summed E-state index contributed by atoms with van der Waals surface area (Å²) in [4.78, 5) is 0. The van der Waals surface area contributed by atoms with Gasteiger partial charge in [0.25, 0.3) is 0 Å². The van der Waals surface area contributed by atoms with E-state index < -0.39 is 9.28 Å². The zero-order valence-corrected chi connectivity index (χ0v) is 12.9. The summed E-state index contributed by atoms with van der Waals surface area (Å²) in [5, 5.41) is 0. The van der Waals surface area contributed by atoms with Crippen LogP contribution in [0.25, 0.3) is 0 Å². The van der Waals surface area contributed by atoms with Crippen LogP contribution in [0.5, 0.6) is 0 Å². The largest absolute Gasteiger partial charge is 0.526 e. The van der Waals surface area contributed by atoms with Crippen LogP contribution in [-0.2, 0) is 8.85 Å². The SMILES string of the molecule is CCCC[SiH](OCC)OC(C)=CC1CCCC1. The molecule has 0 amide bonds. The first-order chi connectivity index (χ1) is 8.26. The van der Waals surface area contributed by atoms with Crippen molar-refractivity contribution in [3.05, 3.63) is 11.8 Å². The highest BCUT2D eigenvalue weighted by molar-refractivity contribution is 6.44. The van der Waals surface area contributed by atoms with Crippen molar-refractivity contribution in [3.63, 3.8) is 0 Å². The monoisotopic (exact) mass is 256 g/mol. The fraction of sp³-hybridized carbons (Fsp3) is 0.857. The molecule has 0 aromatic rings. The van der Waals surface area contributed by atoms with E-state index in [1.54, 1.807) is 0 Å². The molecule has 0 aromatic carbocycles. The molecule has 3 heteroatoms. The van der Waals surface area contributed by atoms with Gasteiger partial charge in [-0.25, -0.2) is 0 Å². The minimum atomic E-state index is -1.44. The molecule has 0 N–H and O–H groups in total. The van der Waals surface area contributed by atoms with Gasteiger partial charge in [-0.15, -0.1) is 0 Å². The Morgan fingerprint density at radius 2 is 2.00 bits per heavy atom. The molecule has 0 saturated heterocycles. The van der Waals surface area contributed by atoms with Crippen molar-refractivity contribution >= 4 is 9.28 Å². The van der Waals surface area contributed by atoms with Crippen LogP contribution in [0.15, 0.2) is 11.8 Å². The van der Waals surface area contributed by atoms with Crippen LogP contribution in [0.1, 0.15) is 59.3 Å². The second kappa shape index (κ2) is 8.76. The van der Waals surface area contributed by atoms with Gasteiger partial charge in [0.1, 0.15) is 0 Å². The summed E-state index contributed by atoms with van der Waals surface area (Å²) in [6.07, 6.45) is 10.2. The highest BCUT2D eigenvalue weighted by Gasteiger charge is 2.16. The maximum atomic E-state index is 6.03. The maximum Gasteiger partial charge on any atom is 0.382 e. The third-order valence-corrected chi connectivity index (χ3v) is 5.55. The molecule has 0 aliphatic heterocycles. The Labute approximate surface area is 108 Å². The average molecular weight is 256 g/mol. The number of rotatable bonds is 8. The zero-order valence-electron chi connectivity index (χ0n) is 11.7. The molecule has 1 atom stereocenters. The van der Waals surface area contributed by atoms with Crippen LogP contribution in [0.2, 0.25) is 6.04 Å². The molecule has 1 saturated carbocycles. The number of allylic oxidation sites excluding steroid dienone is 2. The standard InChI is InChI=1S/C14H28O2Si/c1-4-6-11-17(15-5-2)16-13(3)12-14-9-7-8-10-14/h12,14,17H,4-11H2,1-3H3. The second-order valence-corrected chi connectivity index (χ2v) is 6.97. The molecule has 17 heavy (non-hydrogen) atoms. The van der Waals surface area contributed by atoms with Crippen molar-refractivity contribution in [2.24, 2.45) is 5.92 Å². The summed E-state index contributed by atoms with van der Waals surface area (Å²) in [5.41, 5.74) is 0. The lowest BCUT2D eigenvalue weighted by atomic mass is 10.1. The Balaban J connectivity index is 2.35. The van der Waals surface area contributed by atoms with Gasteiger partial charge in [0, 0.05) is 6.61 Å². The molecule has 1 rings (SSSR count). The van der Waals surface area contributed by atoms with E-state index >= 15 is 0 Å². The summed E-state index contributed by atoms with van der Waals surface area (Å²) >= 11 is 0. The first-order valence-electron chi connectivity index (χ1n) is 7.23. The molecule has 0 bridgehead atoms. The predicted octanol–water partition coefficient (Wildman–Crippen LogP) is 4.15. The van der Waals surface area contributed by atoms with Gasteiger partial charge < -0.3 is 8.85 Å². The molecule has 1 fully saturated rings. The third kappa shape index (κ3) is 6.27. The van der Waals surface area contributed by atoms with Crippen molar-refractivity contribution in [1.82, 2.24) is 0 Å². The molecule has 0 aromatic heterocycles. The fourth-order valence-electron chi connectivity index (χ4n) is 2.44. The van der Waals surface area contributed by atoms with Crippen molar-refractivity contribution in [3.8, 4) is 0 Å². The molecule has 0 spiro atoms. The van der Waals surface area contributed by atoms with Gasteiger partial charge in [0.15, 0.2) is 0 Å². The fourth-order valence-corrected chi connectivity index (χ4v) is 4.39. The van der Waals surface area contributed by atoms with Crippen molar-refractivity contribution in [1.29, 1.82) is 0 Å². The Hall–Kier alpha value is -0.283. The minimum absolute atomic E-state index is 0.762. The normalized spacial score (nSPS) is 19.6. The third-order valence-electron chi connectivity index (χ3n) is 3.33. The zero-order chi connectivity index (χ0) is 12.5. The number of unbranched alkanes of at least 4 members (excludes halogenated alkanes) is 1. The Morgan fingerprint density at radius 1 is 1.29 bits per heavy atom. The van der Waals surface area contributed by atoms with Gasteiger partial charge in [-0.1, -0.05) is 32.6 Å². The van der Waals surface area contributed by atoms with Crippen LogP contribution in [0, 0.1) is 5.92 Å². The summed E-state index contributed by atoms with van der Waals surface area (Å²) in [5.74, 6) is 1.87. The summed E-state index contributed by atoms with van der Waals surface area (Å²) in [7, 11) is -1.44. The van der Waals surface area contributed by atoms with E-state index in [0.717, 1.165) is 24.3 Å². The van der Waals surface area contributed by atoms with Crippen molar-refractivity contribution in [2.75, 3.05) is 6.61 Å². The van der Waals surface area contributed by atoms with Gasteiger partial charge >= 0.3 is 9.28 Å². The molecule has 0 radical (unpaired) electrons. The topological polar surface area (TPSA) is 18.5 Å². The molecule has 1 aliphatic rings. The molecular formula is C14H28O2Si. The molecule has 2 nitrogen and oxygen atoms in total. The van der Waals surface area contributed by atoms with Gasteiger partial charge in [0.05, 0.1) is 5.76 Å². The summed E-state index contributed by atoms with van der Waals surface area (Å²) < 4.78 is 11.8. The Morgan fingerprint density at radius 3 is 2.59 bits per heavy atom. The second-order valence-electron chi connectivity index (χ2n) is 4.97. The first-order valence-corrected chi connectivity index (χ1v) is 8.98. The van der Waals surface area contributed by atoms with E-state index in [4.69, 9.17) is 8.85 Å². The van der Waals surface area contributed by atoms with Crippen molar-refractivity contribution < 1.29 is 8.85 Å². The van der Waals surface area contributed by atoms with E-state index in [2.05, 4.69) is 26.8 Å². The highest BCUT2D eigenvalue weighted by Crippen LogP contribution is 2.27. The Bertz CT molecular complexity index is 222. The van der Waals surface area contributed by atoms with E-state index in [1.165, 1.54) is 38.5 Å². The van der Waals surface area contributed by atoms with Crippen LogP contribution in [0.4, 0.5) is 0 Å². The molecule has 1 aliphatic carbocycles. The van der Waals surface area contributed by atoms with Crippen LogP contribution >= 0.6 is 0 Å². The van der Waals surface area contributed by atoms with Crippen LogP contribution < -0.4 is 0 Å². The number of hydrogen-bond donors (Lipinski definition) is 0. The van der Waals surface area contributed by atoms with Gasteiger partial charge in [-0.3, -0.25) is 0 Å². The lowest BCUT2D eigenvalue weighted by molar-refractivity contribution is 0.245. The van der Waals surface area contributed by atoms with Gasteiger partial charge in [-0.05, 0) is 44.7 Å². The lowest BCUT2D eigenvalue weighted by Crippen LogP contribution is -2.22. The maximum absolute atomic E-state index is 6.03. The Kier molecular flexibility index (Phi) is 7.61. The van der Waals surface area contributed by atoms with Gasteiger partial charge in [0.2, 0.25) is 0 Å². The summed E-state index contributed by atoms with van der Waals surface area (Å²) in [6, 6.07) is 1.14. The quantitative estimate of drug-likeness (QED) is 0.480. The molecule has 0 heterocycles. The van der Waals surface area contributed by atoms with Crippen molar-refractivity contribution in [2.45, 2.75) is 65.3 Å². The minimum Gasteiger partial charge on any atom is -0.526 e. The van der Waals surface area contributed by atoms with E-state index in [-0.39, 0.29) is 0 Å². The van der Waals surface area contributed by atoms with Crippen LogP contribution in [0.3, 0.4) is 0 Å². The van der Waals surface area contributed by atoms with E-state index in [0.29, 0.717) is 0 Å². The average Bonchev–Trinajstić information content (AvgIpc) is 2.78. The number of hydrogen-bond acceptors (Lipinski definition) is 2. The van der Waals surface area contributed by atoms with Gasteiger partial charge in [-0.2, -0.15) is 0 Å². The molecule has 1 unspecified atom stereocenters. The lowest BCUT2D eigenvalue weighted by Gasteiger charge is -2.18. The molecule has 100 valence electrons. The molecular weight excluding hydrogens is 228 g/mol. The highest BCUT2D eigenvalue weighted by atomic mass is 28.3. The van der Waals surface area contributed by atoms with Crippen LogP contribution in [-0.4, -0.2) is 15.9 Å². The summed E-state index contributed by atoms with van der Waals surface area (Å²) in [6.45, 7) is 7.17. The van der Waals surface area contributed by atoms with E-state index in [9.17, 15) is 0 Å². The van der Waals surface area contributed by atoms with E-state index in [1.807, 2.05) is 0 Å². The smallest absolute Gasteiger partial charge is 0.382 e. The first kappa shape index (κ1) is 14.8. The predicted molar refractivity (Wildman–Crippen MR) is 75.3 cm³/mol.